The minimum Gasteiger partial charge on any atom is -0.507 e. The van der Waals surface area contributed by atoms with Crippen LogP contribution >= 0.6 is 0 Å². The van der Waals surface area contributed by atoms with Gasteiger partial charge in [0.25, 0.3) is 0 Å². The number of ether oxygens (including phenoxy) is 2. The van der Waals surface area contributed by atoms with Crippen LogP contribution in [0.15, 0.2) is 47.5 Å². The van der Waals surface area contributed by atoms with Gasteiger partial charge >= 0.3 is 0 Å². The second kappa shape index (κ2) is 9.42. The van der Waals surface area contributed by atoms with E-state index >= 15 is 0 Å². The minimum atomic E-state index is 0.207. The van der Waals surface area contributed by atoms with Gasteiger partial charge in [-0.3, -0.25) is 9.89 Å². The standard InChI is InChI=1S/C22H28N2O3/c1-26-19-8-6-17(7-9-19)21(24-12-4-3-5-13-24)16-23-15-18-14-20(27-2)10-11-22(18)25/h6-11,14-15,21,25H,3-5,12-13,16H2,1-2H3/t21-/m0/s1. The molecule has 2 aromatic rings. The molecule has 144 valence electrons. The Labute approximate surface area is 161 Å². The van der Waals surface area contributed by atoms with E-state index in [-0.39, 0.29) is 11.8 Å². The Bertz CT molecular complexity index is 753. The van der Waals surface area contributed by atoms with Crippen LogP contribution in [0.1, 0.15) is 36.4 Å². The van der Waals surface area contributed by atoms with Gasteiger partial charge in [-0.1, -0.05) is 18.6 Å². The van der Waals surface area contributed by atoms with E-state index in [1.165, 1.54) is 24.8 Å². The monoisotopic (exact) mass is 368 g/mol. The topological polar surface area (TPSA) is 54.3 Å². The van der Waals surface area contributed by atoms with Gasteiger partial charge in [-0.15, -0.1) is 0 Å². The van der Waals surface area contributed by atoms with Crippen molar-refractivity contribution in [1.82, 2.24) is 4.90 Å². The van der Waals surface area contributed by atoms with Crippen molar-refractivity contribution >= 4 is 6.21 Å². The maximum Gasteiger partial charge on any atom is 0.124 e. The molecule has 1 atom stereocenters. The lowest BCUT2D eigenvalue weighted by molar-refractivity contribution is 0.168. The second-order valence-corrected chi connectivity index (χ2v) is 6.80. The van der Waals surface area contributed by atoms with Gasteiger partial charge in [-0.2, -0.15) is 0 Å². The molecule has 1 N–H and O–H groups in total. The summed E-state index contributed by atoms with van der Waals surface area (Å²) < 4.78 is 10.5. The Kier molecular flexibility index (Phi) is 6.71. The molecule has 1 fully saturated rings. The van der Waals surface area contributed by atoms with Crippen molar-refractivity contribution in [2.24, 2.45) is 4.99 Å². The molecular formula is C22H28N2O3. The minimum absolute atomic E-state index is 0.207. The molecule has 1 heterocycles. The molecule has 0 unspecified atom stereocenters. The number of phenols is 1. The van der Waals surface area contributed by atoms with Crippen LogP contribution in [0.2, 0.25) is 0 Å². The highest BCUT2D eigenvalue weighted by Crippen LogP contribution is 2.27. The number of methoxy groups -OCH3 is 2. The van der Waals surface area contributed by atoms with Gasteiger partial charge in [-0.25, -0.2) is 0 Å². The number of hydrogen-bond donors (Lipinski definition) is 1. The molecule has 0 aliphatic carbocycles. The van der Waals surface area contributed by atoms with Crippen molar-refractivity contribution in [3.8, 4) is 17.2 Å². The summed E-state index contributed by atoms with van der Waals surface area (Å²) >= 11 is 0. The molecule has 5 heteroatoms. The first-order valence-electron chi connectivity index (χ1n) is 9.46. The summed E-state index contributed by atoms with van der Waals surface area (Å²) in [6.07, 6.45) is 5.49. The molecule has 0 spiro atoms. The van der Waals surface area contributed by atoms with Crippen molar-refractivity contribution in [2.75, 3.05) is 33.9 Å². The molecule has 0 amide bonds. The van der Waals surface area contributed by atoms with Gasteiger partial charge in [0.05, 0.1) is 26.8 Å². The van der Waals surface area contributed by atoms with E-state index in [1.54, 1.807) is 38.6 Å². The number of likely N-dealkylation sites (tertiary alicyclic amines) is 1. The van der Waals surface area contributed by atoms with Crippen molar-refractivity contribution in [1.29, 1.82) is 0 Å². The fourth-order valence-electron chi connectivity index (χ4n) is 3.50. The number of hydrogen-bond acceptors (Lipinski definition) is 5. The third-order valence-electron chi connectivity index (χ3n) is 5.08. The maximum absolute atomic E-state index is 10.0. The smallest absolute Gasteiger partial charge is 0.124 e. The summed E-state index contributed by atoms with van der Waals surface area (Å²) in [5, 5.41) is 10.0. The lowest BCUT2D eigenvalue weighted by Crippen LogP contribution is -2.35. The average molecular weight is 368 g/mol. The van der Waals surface area contributed by atoms with Crippen LogP contribution in [0.3, 0.4) is 0 Å². The van der Waals surface area contributed by atoms with Crippen LogP contribution in [0.5, 0.6) is 17.2 Å². The molecule has 1 saturated heterocycles. The Hall–Kier alpha value is -2.53. The lowest BCUT2D eigenvalue weighted by Gasteiger charge is -2.34. The highest BCUT2D eigenvalue weighted by Gasteiger charge is 2.22. The molecule has 3 rings (SSSR count). The van der Waals surface area contributed by atoms with E-state index in [2.05, 4.69) is 22.0 Å². The van der Waals surface area contributed by atoms with E-state index in [4.69, 9.17) is 9.47 Å². The number of benzene rings is 2. The number of aromatic hydroxyl groups is 1. The summed E-state index contributed by atoms with van der Waals surface area (Å²) in [4.78, 5) is 7.17. The van der Waals surface area contributed by atoms with Crippen LogP contribution in [0, 0.1) is 0 Å². The zero-order valence-electron chi connectivity index (χ0n) is 16.1. The van der Waals surface area contributed by atoms with Gasteiger partial charge in [0.1, 0.15) is 17.2 Å². The van der Waals surface area contributed by atoms with E-state index in [1.807, 2.05) is 12.1 Å². The Balaban J connectivity index is 1.78. The Morgan fingerprint density at radius 3 is 2.33 bits per heavy atom. The molecule has 2 aromatic carbocycles. The van der Waals surface area contributed by atoms with E-state index < -0.39 is 0 Å². The quantitative estimate of drug-likeness (QED) is 0.749. The SMILES string of the molecule is COc1ccc([C@H](CN=Cc2cc(OC)ccc2O)N2CCCCC2)cc1. The Morgan fingerprint density at radius 2 is 1.67 bits per heavy atom. The molecule has 5 nitrogen and oxygen atoms in total. The van der Waals surface area contributed by atoms with Crippen molar-refractivity contribution in [3.63, 3.8) is 0 Å². The molecule has 0 saturated carbocycles. The highest BCUT2D eigenvalue weighted by molar-refractivity contribution is 5.84. The van der Waals surface area contributed by atoms with E-state index in [0.29, 0.717) is 17.9 Å². The van der Waals surface area contributed by atoms with Crippen LogP contribution < -0.4 is 9.47 Å². The summed E-state index contributed by atoms with van der Waals surface area (Å²) in [5.74, 6) is 1.77. The molecule has 0 radical (unpaired) electrons. The van der Waals surface area contributed by atoms with E-state index in [9.17, 15) is 5.11 Å². The third kappa shape index (κ3) is 5.01. The first-order valence-corrected chi connectivity index (χ1v) is 9.46. The summed E-state index contributed by atoms with van der Waals surface area (Å²) in [5.41, 5.74) is 1.91. The van der Waals surface area contributed by atoms with Crippen LogP contribution in [-0.2, 0) is 0 Å². The second-order valence-electron chi connectivity index (χ2n) is 6.80. The fraction of sp³-hybridized carbons (Fsp3) is 0.409. The number of rotatable bonds is 7. The first-order chi connectivity index (χ1) is 13.2. The molecule has 0 aromatic heterocycles. The number of phenolic OH excluding ortho intramolecular Hbond substituents is 1. The molecule has 1 aliphatic heterocycles. The summed E-state index contributed by atoms with van der Waals surface area (Å²) in [7, 11) is 3.30. The van der Waals surface area contributed by atoms with Crippen LogP contribution in [0.4, 0.5) is 0 Å². The van der Waals surface area contributed by atoms with Gasteiger partial charge < -0.3 is 14.6 Å². The van der Waals surface area contributed by atoms with Crippen molar-refractivity contribution in [2.45, 2.75) is 25.3 Å². The predicted octanol–water partition coefficient (Wildman–Crippen LogP) is 4.06. The zero-order valence-corrected chi connectivity index (χ0v) is 16.1. The Morgan fingerprint density at radius 1 is 1.00 bits per heavy atom. The first kappa shape index (κ1) is 19.2. The van der Waals surface area contributed by atoms with E-state index in [0.717, 1.165) is 18.8 Å². The van der Waals surface area contributed by atoms with Crippen molar-refractivity contribution in [3.05, 3.63) is 53.6 Å². The normalized spacial score (nSPS) is 16.4. The molecule has 27 heavy (non-hydrogen) atoms. The molecule has 1 aliphatic rings. The lowest BCUT2D eigenvalue weighted by atomic mass is 10.0. The van der Waals surface area contributed by atoms with Crippen LogP contribution in [-0.4, -0.2) is 50.1 Å². The average Bonchev–Trinajstić information content (AvgIpc) is 2.73. The highest BCUT2D eigenvalue weighted by atomic mass is 16.5. The summed E-state index contributed by atoms with van der Waals surface area (Å²) in [6.45, 7) is 2.83. The summed E-state index contributed by atoms with van der Waals surface area (Å²) in [6, 6.07) is 13.6. The molecule has 0 bridgehead atoms. The van der Waals surface area contributed by atoms with Crippen LogP contribution in [0.25, 0.3) is 0 Å². The number of piperidine rings is 1. The number of nitrogens with zero attached hydrogens (tertiary/aromatic N) is 2. The van der Waals surface area contributed by atoms with Gasteiger partial charge in [0.15, 0.2) is 0 Å². The molecular weight excluding hydrogens is 340 g/mol. The predicted molar refractivity (Wildman–Crippen MR) is 108 cm³/mol. The maximum atomic E-state index is 10.0. The van der Waals surface area contributed by atoms with Gasteiger partial charge in [0.2, 0.25) is 0 Å². The number of aliphatic imine (C=N–C) groups is 1. The van der Waals surface area contributed by atoms with Gasteiger partial charge in [-0.05, 0) is 61.8 Å². The fourth-order valence-corrected chi connectivity index (χ4v) is 3.50. The largest absolute Gasteiger partial charge is 0.507 e. The van der Waals surface area contributed by atoms with Gasteiger partial charge in [0, 0.05) is 11.8 Å². The third-order valence-corrected chi connectivity index (χ3v) is 5.08. The van der Waals surface area contributed by atoms with Crippen molar-refractivity contribution < 1.29 is 14.6 Å². The zero-order chi connectivity index (χ0) is 19.1.